The Morgan fingerprint density at radius 3 is 2.29 bits per heavy atom. The van der Waals surface area contributed by atoms with Crippen LogP contribution in [0.4, 0.5) is 0 Å². The van der Waals surface area contributed by atoms with Crippen LogP contribution in [0, 0.1) is 0 Å². The number of hydrogen-bond donors (Lipinski definition) is 1. The average Bonchev–Trinajstić information content (AvgIpc) is 2.94. The molecule has 24 heavy (non-hydrogen) atoms. The first-order valence-corrected chi connectivity index (χ1v) is 8.26. The Kier molecular flexibility index (Phi) is 4.56. The molecule has 0 fully saturated rings. The van der Waals surface area contributed by atoms with Crippen LogP contribution in [-0.4, -0.2) is 21.7 Å². The van der Waals surface area contributed by atoms with E-state index in [0.717, 1.165) is 24.0 Å². The fraction of sp³-hybridized carbons (Fsp3) is 0.250. The Bertz CT molecular complexity index is 848. The molecule has 1 heterocycles. The van der Waals surface area contributed by atoms with Crippen molar-refractivity contribution in [2.75, 3.05) is 0 Å². The molecule has 0 unspecified atom stereocenters. The maximum absolute atomic E-state index is 11.9. The van der Waals surface area contributed by atoms with Gasteiger partial charge in [-0.3, -0.25) is 4.57 Å². The van der Waals surface area contributed by atoms with Gasteiger partial charge in [0.15, 0.2) is 0 Å². The first kappa shape index (κ1) is 16.1. The van der Waals surface area contributed by atoms with E-state index in [0.29, 0.717) is 11.3 Å². The molecule has 2 aromatic carbocycles. The lowest BCUT2D eigenvalue weighted by molar-refractivity contribution is 0.0689. The summed E-state index contributed by atoms with van der Waals surface area (Å²) in [4.78, 5) is 11.9. The van der Waals surface area contributed by atoms with Crippen molar-refractivity contribution in [3.05, 3.63) is 60.2 Å². The summed E-state index contributed by atoms with van der Waals surface area (Å²) in [6.45, 7) is 4.09. The zero-order chi connectivity index (χ0) is 17.1. The lowest BCUT2D eigenvalue weighted by Crippen LogP contribution is -2.17. The van der Waals surface area contributed by atoms with E-state index < -0.39 is 5.97 Å². The molecule has 3 rings (SSSR count). The first-order valence-electron chi connectivity index (χ1n) is 8.26. The van der Waals surface area contributed by atoms with Crippen molar-refractivity contribution in [1.82, 2.24) is 4.57 Å². The van der Waals surface area contributed by atoms with Crippen molar-refractivity contribution in [3.8, 4) is 11.6 Å². The van der Waals surface area contributed by atoms with E-state index in [4.69, 9.17) is 4.74 Å². The maximum Gasteiger partial charge on any atom is 0.341 e. The van der Waals surface area contributed by atoms with E-state index in [2.05, 4.69) is 0 Å². The van der Waals surface area contributed by atoms with Gasteiger partial charge in [0.1, 0.15) is 5.56 Å². The number of fused-ring (bicyclic) bond motifs is 1. The molecule has 0 aliphatic carbocycles. The standard InChI is InChI=1S/C20H21NO3/c1-3-15(4-2)24-19-18(20(22)23)16-12-8-9-13-17(16)21(19)14-10-6-5-7-11-14/h5-13,15H,3-4H2,1-2H3,(H,22,23). The molecule has 0 amide bonds. The highest BCUT2D eigenvalue weighted by Crippen LogP contribution is 2.36. The number of ether oxygens (including phenoxy) is 1. The van der Waals surface area contributed by atoms with Crippen molar-refractivity contribution in [1.29, 1.82) is 0 Å². The molecule has 4 heteroatoms. The number of benzene rings is 2. The van der Waals surface area contributed by atoms with Crippen LogP contribution in [0.2, 0.25) is 0 Å². The molecular formula is C20H21NO3. The van der Waals surface area contributed by atoms with Crippen LogP contribution in [0.3, 0.4) is 0 Å². The third kappa shape index (κ3) is 2.75. The van der Waals surface area contributed by atoms with Crippen LogP contribution >= 0.6 is 0 Å². The number of rotatable bonds is 6. The second-order valence-corrected chi connectivity index (χ2v) is 5.73. The molecule has 0 bridgehead atoms. The van der Waals surface area contributed by atoms with Crippen LogP contribution < -0.4 is 4.74 Å². The van der Waals surface area contributed by atoms with Crippen molar-refractivity contribution < 1.29 is 14.6 Å². The van der Waals surface area contributed by atoms with Gasteiger partial charge in [0.2, 0.25) is 5.88 Å². The molecule has 0 saturated carbocycles. The smallest absolute Gasteiger partial charge is 0.341 e. The highest BCUT2D eigenvalue weighted by Gasteiger charge is 2.25. The molecule has 3 aromatic rings. The molecular weight excluding hydrogens is 302 g/mol. The minimum atomic E-state index is -0.971. The van der Waals surface area contributed by atoms with E-state index in [9.17, 15) is 9.90 Å². The van der Waals surface area contributed by atoms with Gasteiger partial charge in [-0.15, -0.1) is 0 Å². The van der Waals surface area contributed by atoms with Gasteiger partial charge < -0.3 is 9.84 Å². The van der Waals surface area contributed by atoms with Crippen LogP contribution in [-0.2, 0) is 0 Å². The SMILES string of the molecule is CCC(CC)Oc1c(C(=O)O)c2ccccc2n1-c1ccccc1. The highest BCUT2D eigenvalue weighted by atomic mass is 16.5. The third-order valence-electron chi connectivity index (χ3n) is 4.25. The first-order chi connectivity index (χ1) is 11.7. The van der Waals surface area contributed by atoms with Gasteiger partial charge in [-0.25, -0.2) is 4.79 Å². The topological polar surface area (TPSA) is 51.5 Å². The maximum atomic E-state index is 11.9. The van der Waals surface area contributed by atoms with E-state index in [-0.39, 0.29) is 11.7 Å². The van der Waals surface area contributed by atoms with Gasteiger partial charge >= 0.3 is 5.97 Å². The van der Waals surface area contributed by atoms with Gasteiger partial charge in [0, 0.05) is 11.1 Å². The molecule has 0 aliphatic rings. The quantitative estimate of drug-likeness (QED) is 0.702. The molecule has 1 aromatic heterocycles. The minimum absolute atomic E-state index is 0.0186. The van der Waals surface area contributed by atoms with Gasteiger partial charge in [-0.1, -0.05) is 50.2 Å². The summed E-state index contributed by atoms with van der Waals surface area (Å²) in [6.07, 6.45) is 1.63. The predicted molar refractivity (Wildman–Crippen MR) is 95.2 cm³/mol. The third-order valence-corrected chi connectivity index (χ3v) is 4.25. The van der Waals surface area contributed by atoms with E-state index >= 15 is 0 Å². The van der Waals surface area contributed by atoms with Gasteiger partial charge in [-0.05, 0) is 31.0 Å². The summed E-state index contributed by atoms with van der Waals surface area (Å²) >= 11 is 0. The van der Waals surface area contributed by atoms with Gasteiger partial charge in [0.05, 0.1) is 11.6 Å². The van der Waals surface area contributed by atoms with Crippen LogP contribution in [0.25, 0.3) is 16.6 Å². The lowest BCUT2D eigenvalue weighted by Gasteiger charge is -2.18. The van der Waals surface area contributed by atoms with Crippen molar-refractivity contribution >= 4 is 16.9 Å². The van der Waals surface area contributed by atoms with Crippen molar-refractivity contribution in [2.45, 2.75) is 32.8 Å². The Labute approximate surface area is 141 Å². The monoisotopic (exact) mass is 323 g/mol. The zero-order valence-corrected chi connectivity index (χ0v) is 13.9. The van der Waals surface area contributed by atoms with Crippen molar-refractivity contribution in [2.24, 2.45) is 0 Å². The number of carboxylic acid groups (broad SMARTS) is 1. The van der Waals surface area contributed by atoms with E-state index in [1.165, 1.54) is 0 Å². The van der Waals surface area contributed by atoms with Crippen molar-refractivity contribution in [3.63, 3.8) is 0 Å². The molecule has 124 valence electrons. The Morgan fingerprint density at radius 1 is 1.04 bits per heavy atom. The summed E-state index contributed by atoms with van der Waals surface area (Å²) in [6, 6.07) is 17.2. The summed E-state index contributed by atoms with van der Waals surface area (Å²) in [7, 11) is 0. The highest BCUT2D eigenvalue weighted by molar-refractivity contribution is 6.07. The molecule has 0 spiro atoms. The molecule has 4 nitrogen and oxygen atoms in total. The summed E-state index contributed by atoms with van der Waals surface area (Å²) in [5, 5.41) is 10.5. The van der Waals surface area contributed by atoms with Crippen LogP contribution in [0.5, 0.6) is 5.88 Å². The minimum Gasteiger partial charge on any atom is -0.477 e. The second kappa shape index (κ2) is 6.79. The Balaban J connectivity index is 2.33. The van der Waals surface area contributed by atoms with Crippen LogP contribution in [0.1, 0.15) is 37.0 Å². The molecule has 0 saturated heterocycles. The number of carboxylic acids is 1. The summed E-state index contributed by atoms with van der Waals surface area (Å²) in [5.74, 6) is -0.564. The molecule has 0 aliphatic heterocycles. The Morgan fingerprint density at radius 2 is 1.67 bits per heavy atom. The van der Waals surface area contributed by atoms with E-state index in [1.807, 2.05) is 73.0 Å². The van der Waals surface area contributed by atoms with E-state index in [1.54, 1.807) is 0 Å². The fourth-order valence-electron chi connectivity index (χ4n) is 2.98. The number of aromatic carboxylic acids is 1. The fourth-order valence-corrected chi connectivity index (χ4v) is 2.98. The average molecular weight is 323 g/mol. The normalized spacial score (nSPS) is 11.1. The lowest BCUT2D eigenvalue weighted by atomic mass is 10.1. The van der Waals surface area contributed by atoms with Gasteiger partial charge in [0.25, 0.3) is 0 Å². The Hall–Kier alpha value is -2.75. The van der Waals surface area contributed by atoms with Crippen LogP contribution in [0.15, 0.2) is 54.6 Å². The molecule has 0 radical (unpaired) electrons. The number of para-hydroxylation sites is 2. The number of hydrogen-bond acceptors (Lipinski definition) is 2. The molecule has 0 atom stereocenters. The van der Waals surface area contributed by atoms with Gasteiger partial charge in [-0.2, -0.15) is 0 Å². The summed E-state index contributed by atoms with van der Waals surface area (Å²) < 4.78 is 8.06. The molecule has 1 N–H and O–H groups in total. The zero-order valence-electron chi connectivity index (χ0n) is 13.9. The second-order valence-electron chi connectivity index (χ2n) is 5.73. The number of carbonyl (C=O) groups is 1. The number of aromatic nitrogens is 1. The largest absolute Gasteiger partial charge is 0.477 e. The number of nitrogens with zero attached hydrogens (tertiary/aromatic N) is 1. The predicted octanol–water partition coefficient (Wildman–Crippen LogP) is 4.90. The summed E-state index contributed by atoms with van der Waals surface area (Å²) in [5.41, 5.74) is 1.95.